The molecule has 0 aliphatic carbocycles. The number of sulfonamides is 1. The Bertz CT molecular complexity index is 971. The lowest BCUT2D eigenvalue weighted by Crippen LogP contribution is -2.35. The van der Waals surface area contributed by atoms with Gasteiger partial charge >= 0.3 is 0 Å². The number of carbonyl (C=O) groups excluding carboxylic acids is 2. The molecule has 9 nitrogen and oxygen atoms in total. The molecule has 0 bridgehead atoms. The van der Waals surface area contributed by atoms with E-state index in [2.05, 4.69) is 10.5 Å². The number of rotatable bonds is 6. The highest BCUT2D eigenvalue weighted by Gasteiger charge is 2.23. The molecule has 0 saturated heterocycles. The topological polar surface area (TPSA) is 113 Å². The molecule has 146 valence electrons. The first-order chi connectivity index (χ1) is 12.5. The average molecular weight is 415 g/mol. The number of aromatic nitrogens is 1. The van der Waals surface area contributed by atoms with Crippen molar-refractivity contribution < 1.29 is 22.5 Å². The fourth-order valence-corrected chi connectivity index (χ4v) is 3.27. The van der Waals surface area contributed by atoms with Crippen LogP contribution in [-0.2, 0) is 14.8 Å². The normalized spacial score (nSPS) is 11.5. The van der Waals surface area contributed by atoms with E-state index in [1.54, 1.807) is 6.92 Å². The van der Waals surface area contributed by atoms with E-state index in [1.165, 1.54) is 45.4 Å². The molecule has 0 aliphatic heterocycles. The summed E-state index contributed by atoms with van der Waals surface area (Å²) in [4.78, 5) is 25.7. The lowest BCUT2D eigenvalue weighted by atomic mass is 10.2. The lowest BCUT2D eigenvalue weighted by Gasteiger charge is -2.18. The Morgan fingerprint density at radius 3 is 2.44 bits per heavy atom. The molecule has 0 atom stereocenters. The Balaban J connectivity index is 2.17. The predicted octanol–water partition coefficient (Wildman–Crippen LogP) is 1.60. The van der Waals surface area contributed by atoms with Crippen LogP contribution in [0.25, 0.3) is 0 Å². The Kier molecular flexibility index (Phi) is 6.24. The summed E-state index contributed by atoms with van der Waals surface area (Å²) < 4.78 is 30.4. The number of aryl methyl sites for hydroxylation is 1. The summed E-state index contributed by atoms with van der Waals surface area (Å²) in [5.41, 5.74) is -0.0211. The highest BCUT2D eigenvalue weighted by Crippen LogP contribution is 2.23. The molecule has 1 N–H and O–H groups in total. The Morgan fingerprint density at radius 2 is 1.89 bits per heavy atom. The minimum Gasteiger partial charge on any atom is -0.360 e. The van der Waals surface area contributed by atoms with Gasteiger partial charge in [0.25, 0.3) is 5.91 Å². The maximum atomic E-state index is 12.6. The zero-order valence-corrected chi connectivity index (χ0v) is 16.8. The molecule has 2 rings (SSSR count). The van der Waals surface area contributed by atoms with Crippen molar-refractivity contribution in [3.8, 4) is 0 Å². The summed E-state index contributed by atoms with van der Waals surface area (Å²) in [5.74, 6) is -0.328. The zero-order valence-electron chi connectivity index (χ0n) is 15.2. The third-order valence-electron chi connectivity index (χ3n) is 3.57. The second kappa shape index (κ2) is 8.07. The molecule has 2 amide bonds. The first-order valence-corrected chi connectivity index (χ1v) is 9.55. The van der Waals surface area contributed by atoms with Crippen molar-refractivity contribution in [1.82, 2.24) is 14.4 Å². The van der Waals surface area contributed by atoms with Crippen LogP contribution in [0.15, 0.2) is 33.7 Å². The SMILES string of the molecule is Cc1cc(NC(=O)CN(C)C(=O)c2cc(S(=O)(=O)N(C)C)ccc2Cl)no1. The van der Waals surface area contributed by atoms with E-state index in [9.17, 15) is 18.0 Å². The minimum absolute atomic E-state index is 0.0211. The quantitative estimate of drug-likeness (QED) is 0.768. The average Bonchev–Trinajstić information content (AvgIpc) is 2.98. The molecular formula is C16H19ClN4O5S. The van der Waals surface area contributed by atoms with Gasteiger partial charge in [0, 0.05) is 27.2 Å². The van der Waals surface area contributed by atoms with Crippen LogP contribution in [0.3, 0.4) is 0 Å². The number of halogens is 1. The van der Waals surface area contributed by atoms with Crippen LogP contribution >= 0.6 is 11.6 Å². The fraction of sp³-hybridized carbons (Fsp3) is 0.312. The van der Waals surface area contributed by atoms with Crippen molar-refractivity contribution in [2.24, 2.45) is 0 Å². The highest BCUT2D eigenvalue weighted by molar-refractivity contribution is 7.89. The molecule has 1 heterocycles. The number of benzene rings is 1. The molecular weight excluding hydrogens is 396 g/mol. The number of hydrogen-bond donors (Lipinski definition) is 1. The maximum Gasteiger partial charge on any atom is 0.255 e. The number of nitrogens with zero attached hydrogens (tertiary/aromatic N) is 3. The standard InChI is InChI=1S/C16H19ClN4O5S/c1-10-7-14(19-26-10)18-15(22)9-21(4)16(23)12-8-11(5-6-13(12)17)27(24,25)20(2)3/h5-8H,9H2,1-4H3,(H,18,19,22). The third-order valence-corrected chi connectivity index (χ3v) is 5.71. The van der Waals surface area contributed by atoms with Crippen LogP contribution in [0.4, 0.5) is 5.82 Å². The molecule has 0 fully saturated rings. The van der Waals surface area contributed by atoms with Crippen LogP contribution in [0.5, 0.6) is 0 Å². The van der Waals surface area contributed by atoms with Crippen LogP contribution in [0.2, 0.25) is 5.02 Å². The van der Waals surface area contributed by atoms with Gasteiger partial charge in [-0.15, -0.1) is 0 Å². The van der Waals surface area contributed by atoms with Gasteiger partial charge in [-0.1, -0.05) is 16.8 Å². The summed E-state index contributed by atoms with van der Waals surface area (Å²) in [6, 6.07) is 5.37. The monoisotopic (exact) mass is 414 g/mol. The summed E-state index contributed by atoms with van der Waals surface area (Å²) in [7, 11) is 0.436. The number of nitrogens with one attached hydrogen (secondary N) is 1. The molecule has 0 radical (unpaired) electrons. The predicted molar refractivity (Wildman–Crippen MR) is 99.2 cm³/mol. The van der Waals surface area contributed by atoms with Crippen molar-refractivity contribution in [2.75, 3.05) is 33.0 Å². The van der Waals surface area contributed by atoms with Crippen molar-refractivity contribution in [3.63, 3.8) is 0 Å². The smallest absolute Gasteiger partial charge is 0.255 e. The lowest BCUT2D eigenvalue weighted by molar-refractivity contribution is -0.116. The van der Waals surface area contributed by atoms with Gasteiger partial charge in [0.1, 0.15) is 5.76 Å². The maximum absolute atomic E-state index is 12.6. The highest BCUT2D eigenvalue weighted by atomic mass is 35.5. The molecule has 11 heteroatoms. The molecule has 1 aromatic carbocycles. The number of hydrogen-bond acceptors (Lipinski definition) is 6. The van der Waals surface area contributed by atoms with Crippen molar-refractivity contribution in [3.05, 3.63) is 40.6 Å². The van der Waals surface area contributed by atoms with E-state index in [-0.39, 0.29) is 27.8 Å². The second-order valence-electron chi connectivity index (χ2n) is 5.96. The number of amides is 2. The van der Waals surface area contributed by atoms with E-state index in [4.69, 9.17) is 16.1 Å². The summed E-state index contributed by atoms with van der Waals surface area (Å²) in [6.45, 7) is 1.39. The van der Waals surface area contributed by atoms with Gasteiger partial charge in [0.2, 0.25) is 15.9 Å². The molecule has 0 aliphatic rings. The van der Waals surface area contributed by atoms with Gasteiger partial charge in [-0.3, -0.25) is 9.59 Å². The molecule has 27 heavy (non-hydrogen) atoms. The van der Waals surface area contributed by atoms with Gasteiger partial charge in [0.15, 0.2) is 5.82 Å². The van der Waals surface area contributed by atoms with E-state index < -0.39 is 21.8 Å². The Hall–Kier alpha value is -2.43. The van der Waals surface area contributed by atoms with Crippen LogP contribution in [-0.4, -0.2) is 62.3 Å². The van der Waals surface area contributed by atoms with Crippen molar-refractivity contribution >= 4 is 39.3 Å². The van der Waals surface area contributed by atoms with Crippen molar-refractivity contribution in [2.45, 2.75) is 11.8 Å². The van der Waals surface area contributed by atoms with E-state index in [0.717, 1.165) is 9.21 Å². The van der Waals surface area contributed by atoms with Gasteiger partial charge in [-0.2, -0.15) is 0 Å². The van der Waals surface area contributed by atoms with E-state index >= 15 is 0 Å². The van der Waals surface area contributed by atoms with Crippen LogP contribution in [0, 0.1) is 6.92 Å². The Labute approximate surface area is 161 Å². The van der Waals surface area contributed by atoms with E-state index in [1.807, 2.05) is 0 Å². The molecule has 0 spiro atoms. The first-order valence-electron chi connectivity index (χ1n) is 7.73. The van der Waals surface area contributed by atoms with E-state index in [0.29, 0.717) is 5.76 Å². The first kappa shape index (κ1) is 20.9. The van der Waals surface area contributed by atoms with Crippen LogP contribution in [0.1, 0.15) is 16.1 Å². The molecule has 2 aromatic rings. The third kappa shape index (κ3) is 4.85. The zero-order chi connectivity index (χ0) is 20.4. The Morgan fingerprint density at radius 1 is 1.22 bits per heavy atom. The minimum atomic E-state index is -3.73. The fourth-order valence-electron chi connectivity index (χ4n) is 2.14. The number of carbonyl (C=O) groups is 2. The molecule has 0 unspecified atom stereocenters. The van der Waals surface area contributed by atoms with Gasteiger partial charge in [0.05, 0.1) is 22.0 Å². The van der Waals surface area contributed by atoms with Gasteiger partial charge < -0.3 is 14.7 Å². The van der Waals surface area contributed by atoms with Gasteiger partial charge in [-0.05, 0) is 25.1 Å². The van der Waals surface area contributed by atoms with Crippen molar-refractivity contribution in [1.29, 1.82) is 0 Å². The largest absolute Gasteiger partial charge is 0.360 e. The molecule has 1 aromatic heterocycles. The number of likely N-dealkylation sites (N-methyl/N-ethyl adjacent to an activating group) is 1. The summed E-state index contributed by atoms with van der Waals surface area (Å²) in [6.07, 6.45) is 0. The summed E-state index contributed by atoms with van der Waals surface area (Å²) >= 11 is 6.06. The van der Waals surface area contributed by atoms with Crippen LogP contribution < -0.4 is 5.32 Å². The second-order valence-corrected chi connectivity index (χ2v) is 8.52. The van der Waals surface area contributed by atoms with Gasteiger partial charge in [-0.25, -0.2) is 12.7 Å². The summed E-state index contributed by atoms with van der Waals surface area (Å²) in [5, 5.41) is 6.21. The number of anilines is 1. The molecule has 0 saturated carbocycles.